The van der Waals surface area contributed by atoms with Crippen LogP contribution in [0.25, 0.3) is 0 Å². The maximum Gasteiger partial charge on any atom is 0.255 e. The Morgan fingerprint density at radius 2 is 1.29 bits per heavy atom. The zero-order valence-electron chi connectivity index (χ0n) is 47.6. The molecule has 0 spiro atoms. The quantitative estimate of drug-likeness (QED) is 0.0602. The Bertz CT molecular complexity index is 2880. The van der Waals surface area contributed by atoms with E-state index in [4.69, 9.17) is 4.74 Å². The number of rotatable bonds is 18. The van der Waals surface area contributed by atoms with E-state index in [1.54, 1.807) is 94.4 Å². The fourth-order valence-corrected chi connectivity index (χ4v) is 10.5. The number of aryl methyl sites for hydroxylation is 1. The van der Waals surface area contributed by atoms with E-state index in [1.807, 2.05) is 65.8 Å². The summed E-state index contributed by atoms with van der Waals surface area (Å²) in [5, 5.41) is 20.8. The second-order valence-corrected chi connectivity index (χ2v) is 23.5. The van der Waals surface area contributed by atoms with E-state index in [0.29, 0.717) is 22.4 Å². The van der Waals surface area contributed by atoms with Gasteiger partial charge in [-0.15, -0.1) is 0 Å². The number of benzene rings is 4. The van der Waals surface area contributed by atoms with Crippen LogP contribution in [0.15, 0.2) is 91.0 Å². The second-order valence-electron chi connectivity index (χ2n) is 23.5. The van der Waals surface area contributed by atoms with Crippen molar-refractivity contribution in [2.24, 2.45) is 10.8 Å². The fourth-order valence-electron chi connectivity index (χ4n) is 10.5. The minimum atomic E-state index is -1.02. The van der Waals surface area contributed by atoms with Crippen molar-refractivity contribution >= 4 is 47.0 Å². The van der Waals surface area contributed by atoms with E-state index in [-0.39, 0.29) is 62.2 Å². The summed E-state index contributed by atoms with van der Waals surface area (Å²) in [5.74, 6) is -3.17. The molecule has 17 nitrogen and oxygen atoms in total. The Morgan fingerprint density at radius 1 is 0.684 bits per heavy atom. The van der Waals surface area contributed by atoms with Gasteiger partial charge >= 0.3 is 0 Å². The van der Waals surface area contributed by atoms with E-state index < -0.39 is 82.8 Å². The van der Waals surface area contributed by atoms with Crippen LogP contribution < -0.4 is 37.2 Å². The lowest BCUT2D eigenvalue weighted by Crippen LogP contribution is -2.62. The zero-order chi connectivity index (χ0) is 57.5. The Labute approximate surface area is 464 Å². The number of hydrogen-bond donors (Lipinski definition) is 7. The van der Waals surface area contributed by atoms with Crippen LogP contribution in [0.2, 0.25) is 0 Å². The van der Waals surface area contributed by atoms with Crippen molar-refractivity contribution in [1.29, 1.82) is 0 Å². The lowest BCUT2D eigenvalue weighted by atomic mass is 9.84. The number of anilines is 1. The SMILES string of the molecule is CNC(C)C(=O)NC(C(=O)N1Cc2cc(NC(=O)c3ccc(COC4CC(C(=O)NC5CCCc6ccccc65)N(C(=O)C(NC(=O)C(C)NC)C(C)(C)C)C4)cc3)ccc2CC1C(=O)NC(C)c1ccccc1F)C(C)(C)C. The number of amides is 7. The number of carbonyl (C=O) groups excluding carboxylic acids is 7. The largest absolute Gasteiger partial charge is 0.372 e. The molecule has 7 amide bonds. The summed E-state index contributed by atoms with van der Waals surface area (Å²) in [6.45, 7) is 16.5. The van der Waals surface area contributed by atoms with Gasteiger partial charge in [0.2, 0.25) is 35.4 Å². The van der Waals surface area contributed by atoms with Gasteiger partial charge in [0, 0.05) is 42.7 Å². The van der Waals surface area contributed by atoms with E-state index in [0.717, 1.165) is 36.0 Å². The maximum absolute atomic E-state index is 14.8. The number of nitrogens with zero attached hydrogens (tertiary/aromatic N) is 2. The highest BCUT2D eigenvalue weighted by Crippen LogP contribution is 2.34. The van der Waals surface area contributed by atoms with Crippen molar-refractivity contribution in [3.05, 3.63) is 136 Å². The Balaban J connectivity index is 1.05. The van der Waals surface area contributed by atoms with E-state index in [2.05, 4.69) is 43.3 Å². The molecule has 0 saturated carbocycles. The number of halogens is 1. The molecule has 1 saturated heterocycles. The number of likely N-dealkylation sites (tertiary alicyclic amines) is 1. The molecular formula is C61H80FN9O8. The molecule has 4 aromatic rings. The number of carbonyl (C=O) groups is 7. The lowest BCUT2D eigenvalue weighted by molar-refractivity contribution is -0.147. The summed E-state index contributed by atoms with van der Waals surface area (Å²) in [6.07, 6.45) is 2.47. The van der Waals surface area contributed by atoms with Crippen LogP contribution in [0.4, 0.5) is 10.1 Å². The van der Waals surface area contributed by atoms with Crippen molar-refractivity contribution in [3.63, 3.8) is 0 Å². The standard InChI is InChI=1S/C61H80FN9O8/c1-35(45-19-14-15-21-47(45)62)65-56(75)49-30-41-27-28-43(29-42(41)32-70(49)58(77)51(60(4,5)6)68-53(72)36(2)63-10)66-55(74)40-25-23-38(24-26-40)34-79-44-31-50(57(76)67-48-22-16-18-39-17-12-13-20-46(39)48)71(33-44)59(78)52(61(7,8)9)69-54(73)37(3)64-11/h12-15,17,19-21,23-29,35-37,44,48-52,63-64H,16,18,22,30-34H2,1-11H3,(H,65,75)(H,66,74)(H,67,76)(H,68,72)(H,69,73). The summed E-state index contributed by atoms with van der Waals surface area (Å²) in [7, 11) is 3.32. The minimum absolute atomic E-state index is 0.0141. The monoisotopic (exact) mass is 1090 g/mol. The normalized spacial score (nSPS) is 20.1. The third kappa shape index (κ3) is 14.4. The predicted molar refractivity (Wildman–Crippen MR) is 301 cm³/mol. The molecule has 7 N–H and O–H groups in total. The Kier molecular flexibility index (Phi) is 19.2. The summed E-state index contributed by atoms with van der Waals surface area (Å²) < 4.78 is 21.3. The van der Waals surface area contributed by atoms with Crippen LogP contribution >= 0.6 is 0 Å². The topological polar surface area (TPSA) is 219 Å². The minimum Gasteiger partial charge on any atom is -0.372 e. The zero-order valence-corrected chi connectivity index (χ0v) is 47.6. The molecule has 0 aromatic heterocycles. The van der Waals surface area contributed by atoms with E-state index in [1.165, 1.54) is 16.5 Å². The van der Waals surface area contributed by atoms with E-state index in [9.17, 15) is 38.0 Å². The Morgan fingerprint density at radius 3 is 1.91 bits per heavy atom. The van der Waals surface area contributed by atoms with Gasteiger partial charge in [0.15, 0.2) is 0 Å². The molecule has 9 atom stereocenters. The molecule has 1 aliphatic carbocycles. The van der Waals surface area contributed by atoms with Gasteiger partial charge in [-0.05, 0) is 123 Å². The van der Waals surface area contributed by atoms with Crippen LogP contribution in [0, 0.1) is 16.6 Å². The van der Waals surface area contributed by atoms with Crippen molar-refractivity contribution in [1.82, 2.24) is 41.7 Å². The second kappa shape index (κ2) is 25.4. The Hall–Kier alpha value is -7.02. The smallest absolute Gasteiger partial charge is 0.255 e. The first-order chi connectivity index (χ1) is 37.4. The highest BCUT2D eigenvalue weighted by Gasteiger charge is 2.47. The van der Waals surface area contributed by atoms with E-state index >= 15 is 0 Å². The van der Waals surface area contributed by atoms with Gasteiger partial charge in [0.25, 0.3) is 5.91 Å². The average Bonchev–Trinajstić information content (AvgIpc) is 3.91. The van der Waals surface area contributed by atoms with Gasteiger partial charge in [-0.25, -0.2) is 4.39 Å². The van der Waals surface area contributed by atoms with Gasteiger partial charge in [-0.2, -0.15) is 0 Å². The van der Waals surface area contributed by atoms with Crippen LogP contribution in [-0.4, -0.2) is 114 Å². The number of fused-ring (bicyclic) bond motifs is 2. The summed E-state index contributed by atoms with van der Waals surface area (Å²) >= 11 is 0. The third-order valence-electron chi connectivity index (χ3n) is 15.6. The van der Waals surface area contributed by atoms with Gasteiger partial charge < -0.3 is 51.8 Å². The first-order valence-electron chi connectivity index (χ1n) is 27.5. The molecular weight excluding hydrogens is 1010 g/mol. The number of nitrogens with one attached hydrogen (secondary N) is 7. The van der Waals surface area contributed by atoms with Gasteiger partial charge in [0.1, 0.15) is 30.0 Å². The molecule has 18 heteroatoms. The number of hydrogen-bond acceptors (Lipinski definition) is 10. The van der Waals surface area contributed by atoms with Crippen LogP contribution in [0.3, 0.4) is 0 Å². The lowest BCUT2D eigenvalue weighted by Gasteiger charge is -2.41. The highest BCUT2D eigenvalue weighted by molar-refractivity contribution is 6.04. The maximum atomic E-state index is 14.8. The van der Waals surface area contributed by atoms with Gasteiger partial charge in [0.05, 0.1) is 36.9 Å². The first kappa shape index (κ1) is 59.6. The molecule has 9 unspecified atom stereocenters. The number of likely N-dealkylation sites (N-methyl/N-ethyl adjacent to an activating group) is 2. The molecule has 1 fully saturated rings. The molecule has 2 aliphatic heterocycles. The molecule has 79 heavy (non-hydrogen) atoms. The molecule has 3 aliphatic rings. The molecule has 2 heterocycles. The molecule has 0 bridgehead atoms. The molecule has 4 aromatic carbocycles. The third-order valence-corrected chi connectivity index (χ3v) is 15.6. The molecule has 7 rings (SSSR count). The van der Waals surface area contributed by atoms with Crippen molar-refractivity contribution < 1.29 is 42.7 Å². The average molecular weight is 1090 g/mol. The number of ether oxygens (including phenoxy) is 1. The van der Waals surface area contributed by atoms with Crippen LogP contribution in [0.1, 0.15) is 137 Å². The molecule has 0 radical (unpaired) electrons. The summed E-state index contributed by atoms with van der Waals surface area (Å²) in [5.41, 5.74) is 4.17. The van der Waals surface area contributed by atoms with Crippen molar-refractivity contribution in [2.75, 3.05) is 26.0 Å². The van der Waals surface area contributed by atoms with Crippen molar-refractivity contribution in [3.8, 4) is 0 Å². The summed E-state index contributed by atoms with van der Waals surface area (Å²) in [4.78, 5) is 101. The van der Waals surface area contributed by atoms with Gasteiger partial charge in [-0.3, -0.25) is 33.6 Å². The van der Waals surface area contributed by atoms with Crippen LogP contribution in [-0.2, 0) is 59.5 Å². The molecule has 424 valence electrons. The highest BCUT2D eigenvalue weighted by atomic mass is 19.1. The van der Waals surface area contributed by atoms with Gasteiger partial charge in [-0.1, -0.05) is 102 Å². The fraction of sp³-hybridized carbons (Fsp3) is 0.492. The predicted octanol–water partition coefficient (Wildman–Crippen LogP) is 6.17. The van der Waals surface area contributed by atoms with Crippen LogP contribution in [0.5, 0.6) is 0 Å². The van der Waals surface area contributed by atoms with Crippen molar-refractivity contribution in [2.45, 2.75) is 162 Å². The summed E-state index contributed by atoms with van der Waals surface area (Å²) in [6, 6.07) is 20.7. The first-order valence-corrected chi connectivity index (χ1v) is 27.5.